The van der Waals surface area contributed by atoms with E-state index >= 15 is 0 Å². The minimum absolute atomic E-state index is 0.0730. The molecule has 2 aromatic rings. The molecule has 0 aliphatic carbocycles. The Labute approximate surface area is 105 Å². The Morgan fingerprint density at radius 1 is 1.28 bits per heavy atom. The van der Waals surface area contributed by atoms with Gasteiger partial charge in [-0.05, 0) is 29.8 Å². The van der Waals surface area contributed by atoms with Crippen LogP contribution in [0.15, 0.2) is 47.1 Å². The fraction of sp³-hybridized carbons (Fsp3) is 0.143. The first kappa shape index (κ1) is 11.9. The topological polar surface area (TPSA) is 66.0 Å². The van der Waals surface area contributed by atoms with Crippen LogP contribution in [0.3, 0.4) is 0 Å². The molecule has 90 valence electrons. The van der Waals surface area contributed by atoms with E-state index in [0.717, 1.165) is 11.3 Å². The number of hydrogen-bond donors (Lipinski definition) is 1. The molecule has 1 N–H and O–H groups in total. The Morgan fingerprint density at radius 2 is 2.06 bits per heavy atom. The molecule has 0 fully saturated rings. The van der Waals surface area contributed by atoms with E-state index in [1.54, 1.807) is 36.6 Å². The summed E-state index contributed by atoms with van der Waals surface area (Å²) in [6.45, 7) is 0.391. The lowest BCUT2D eigenvalue weighted by molar-refractivity contribution is -0.120. The highest BCUT2D eigenvalue weighted by Crippen LogP contribution is 2.04. The SMILES string of the molecule is N#Cc1ccc(CC(=O)NCc2ccco2)cc1. The zero-order chi connectivity index (χ0) is 12.8. The fourth-order valence-corrected chi connectivity index (χ4v) is 1.54. The van der Waals surface area contributed by atoms with Crippen molar-refractivity contribution in [1.82, 2.24) is 5.32 Å². The average Bonchev–Trinajstić information content (AvgIpc) is 2.90. The van der Waals surface area contributed by atoms with Gasteiger partial charge in [-0.1, -0.05) is 12.1 Å². The highest BCUT2D eigenvalue weighted by atomic mass is 16.3. The summed E-state index contributed by atoms with van der Waals surface area (Å²) < 4.78 is 5.11. The van der Waals surface area contributed by atoms with E-state index in [1.807, 2.05) is 12.1 Å². The van der Waals surface area contributed by atoms with Gasteiger partial charge in [-0.25, -0.2) is 0 Å². The minimum Gasteiger partial charge on any atom is -0.467 e. The summed E-state index contributed by atoms with van der Waals surface area (Å²) in [7, 11) is 0. The zero-order valence-corrected chi connectivity index (χ0v) is 9.72. The molecule has 1 aromatic carbocycles. The molecule has 18 heavy (non-hydrogen) atoms. The van der Waals surface area contributed by atoms with Crippen LogP contribution in [0.5, 0.6) is 0 Å². The van der Waals surface area contributed by atoms with Gasteiger partial charge in [0.25, 0.3) is 0 Å². The van der Waals surface area contributed by atoms with Crippen LogP contribution < -0.4 is 5.32 Å². The van der Waals surface area contributed by atoms with Crippen molar-refractivity contribution < 1.29 is 9.21 Å². The predicted octanol–water partition coefficient (Wildman–Crippen LogP) is 2.01. The van der Waals surface area contributed by atoms with Crippen molar-refractivity contribution in [2.45, 2.75) is 13.0 Å². The third-order valence-electron chi connectivity index (χ3n) is 2.49. The number of furan rings is 1. The summed E-state index contributed by atoms with van der Waals surface area (Å²) in [5.41, 5.74) is 1.47. The number of nitrogens with one attached hydrogen (secondary N) is 1. The minimum atomic E-state index is -0.0730. The Bertz CT molecular complexity index is 550. The number of amides is 1. The number of carbonyl (C=O) groups excluding carboxylic acids is 1. The number of nitriles is 1. The molecular weight excluding hydrogens is 228 g/mol. The molecule has 0 radical (unpaired) electrons. The van der Waals surface area contributed by atoms with E-state index < -0.39 is 0 Å². The summed E-state index contributed by atoms with van der Waals surface area (Å²) in [6, 6.07) is 12.6. The van der Waals surface area contributed by atoms with E-state index in [2.05, 4.69) is 5.32 Å². The Balaban J connectivity index is 1.85. The van der Waals surface area contributed by atoms with Gasteiger partial charge in [0.15, 0.2) is 0 Å². The van der Waals surface area contributed by atoms with Crippen LogP contribution in [0.1, 0.15) is 16.9 Å². The van der Waals surface area contributed by atoms with Gasteiger partial charge in [0, 0.05) is 0 Å². The van der Waals surface area contributed by atoms with Crippen LogP contribution in [0.25, 0.3) is 0 Å². The molecule has 1 aromatic heterocycles. The first-order valence-corrected chi connectivity index (χ1v) is 5.56. The summed E-state index contributed by atoms with van der Waals surface area (Å²) in [5, 5.41) is 11.4. The smallest absolute Gasteiger partial charge is 0.224 e. The van der Waals surface area contributed by atoms with E-state index in [1.165, 1.54) is 0 Å². The summed E-state index contributed by atoms with van der Waals surface area (Å²) in [6.07, 6.45) is 1.87. The highest BCUT2D eigenvalue weighted by Gasteiger charge is 2.04. The fourth-order valence-electron chi connectivity index (χ4n) is 1.54. The Morgan fingerprint density at radius 3 is 2.67 bits per heavy atom. The number of carbonyl (C=O) groups is 1. The number of rotatable bonds is 4. The van der Waals surface area contributed by atoms with Gasteiger partial charge in [-0.3, -0.25) is 4.79 Å². The van der Waals surface area contributed by atoms with Gasteiger partial charge in [0.05, 0.1) is 30.9 Å². The average molecular weight is 240 g/mol. The molecule has 0 unspecified atom stereocenters. The lowest BCUT2D eigenvalue weighted by Crippen LogP contribution is -2.24. The van der Waals surface area contributed by atoms with Gasteiger partial charge in [-0.2, -0.15) is 5.26 Å². The molecule has 1 amide bonds. The van der Waals surface area contributed by atoms with E-state index in [-0.39, 0.29) is 5.91 Å². The maximum Gasteiger partial charge on any atom is 0.224 e. The summed E-state index contributed by atoms with van der Waals surface area (Å²) >= 11 is 0. The Hall–Kier alpha value is -2.54. The normalized spacial score (nSPS) is 9.72. The molecule has 1 heterocycles. The first-order chi connectivity index (χ1) is 8.78. The van der Waals surface area contributed by atoms with Crippen LogP contribution in [-0.2, 0) is 17.8 Å². The van der Waals surface area contributed by atoms with Gasteiger partial charge >= 0.3 is 0 Å². The van der Waals surface area contributed by atoms with E-state index in [9.17, 15) is 4.79 Å². The van der Waals surface area contributed by atoms with E-state index in [0.29, 0.717) is 18.5 Å². The second-order valence-electron chi connectivity index (χ2n) is 3.84. The predicted molar refractivity (Wildman–Crippen MR) is 65.4 cm³/mol. The molecule has 0 spiro atoms. The summed E-state index contributed by atoms with van der Waals surface area (Å²) in [5.74, 6) is 0.652. The van der Waals surface area contributed by atoms with E-state index in [4.69, 9.17) is 9.68 Å². The van der Waals surface area contributed by atoms with Crippen molar-refractivity contribution in [1.29, 1.82) is 5.26 Å². The van der Waals surface area contributed by atoms with Gasteiger partial charge in [0.2, 0.25) is 5.91 Å². The number of nitrogens with zero attached hydrogens (tertiary/aromatic N) is 1. The number of hydrogen-bond acceptors (Lipinski definition) is 3. The molecule has 4 heteroatoms. The lowest BCUT2D eigenvalue weighted by atomic mass is 10.1. The first-order valence-electron chi connectivity index (χ1n) is 5.56. The third kappa shape index (κ3) is 3.22. The second kappa shape index (κ2) is 5.69. The van der Waals surface area contributed by atoms with Crippen LogP contribution in [-0.4, -0.2) is 5.91 Å². The second-order valence-corrected chi connectivity index (χ2v) is 3.84. The van der Waals surface area contributed by atoms with Crippen molar-refractivity contribution in [2.75, 3.05) is 0 Å². The lowest BCUT2D eigenvalue weighted by Gasteiger charge is -2.03. The van der Waals surface area contributed by atoms with Gasteiger partial charge < -0.3 is 9.73 Å². The third-order valence-corrected chi connectivity index (χ3v) is 2.49. The maximum absolute atomic E-state index is 11.6. The molecular formula is C14H12N2O2. The van der Waals surface area contributed by atoms with Crippen LogP contribution >= 0.6 is 0 Å². The molecule has 4 nitrogen and oxygen atoms in total. The van der Waals surface area contributed by atoms with Crippen molar-refractivity contribution in [3.05, 3.63) is 59.5 Å². The monoisotopic (exact) mass is 240 g/mol. The molecule has 0 aliphatic heterocycles. The zero-order valence-electron chi connectivity index (χ0n) is 9.72. The molecule has 2 rings (SSSR count). The van der Waals surface area contributed by atoms with Crippen molar-refractivity contribution in [3.8, 4) is 6.07 Å². The summed E-state index contributed by atoms with van der Waals surface area (Å²) in [4.78, 5) is 11.6. The van der Waals surface area contributed by atoms with Crippen LogP contribution in [0.2, 0.25) is 0 Å². The van der Waals surface area contributed by atoms with Crippen molar-refractivity contribution in [2.24, 2.45) is 0 Å². The standard InChI is InChI=1S/C14H12N2O2/c15-9-12-5-3-11(4-6-12)8-14(17)16-10-13-2-1-7-18-13/h1-7H,8,10H2,(H,16,17). The van der Waals surface area contributed by atoms with Crippen LogP contribution in [0.4, 0.5) is 0 Å². The molecule has 0 bridgehead atoms. The molecule has 0 saturated heterocycles. The van der Waals surface area contributed by atoms with Crippen molar-refractivity contribution >= 4 is 5.91 Å². The largest absolute Gasteiger partial charge is 0.467 e. The van der Waals surface area contributed by atoms with Gasteiger partial charge in [-0.15, -0.1) is 0 Å². The highest BCUT2D eigenvalue weighted by molar-refractivity contribution is 5.78. The molecule has 0 saturated carbocycles. The van der Waals surface area contributed by atoms with Gasteiger partial charge in [0.1, 0.15) is 5.76 Å². The number of benzene rings is 1. The van der Waals surface area contributed by atoms with Crippen molar-refractivity contribution in [3.63, 3.8) is 0 Å². The molecule has 0 aliphatic rings. The maximum atomic E-state index is 11.6. The van der Waals surface area contributed by atoms with Crippen LogP contribution in [0, 0.1) is 11.3 Å². The quantitative estimate of drug-likeness (QED) is 0.888. The molecule has 0 atom stereocenters. The Kier molecular flexibility index (Phi) is 3.77.